The van der Waals surface area contributed by atoms with Gasteiger partial charge in [0.2, 0.25) is 5.91 Å². The Kier molecular flexibility index (Phi) is 9.96. The van der Waals surface area contributed by atoms with E-state index in [0.29, 0.717) is 25.2 Å². The van der Waals surface area contributed by atoms with Crippen molar-refractivity contribution in [3.63, 3.8) is 0 Å². The summed E-state index contributed by atoms with van der Waals surface area (Å²) in [6.07, 6.45) is 0.925. The Balaban J connectivity index is 0.00000363. The number of amides is 2. The van der Waals surface area contributed by atoms with Crippen LogP contribution in [0.2, 0.25) is 0 Å². The molecule has 0 saturated carbocycles. The van der Waals surface area contributed by atoms with Crippen LogP contribution in [-0.2, 0) is 17.8 Å². The van der Waals surface area contributed by atoms with Crippen LogP contribution in [0.3, 0.4) is 0 Å². The van der Waals surface area contributed by atoms with Gasteiger partial charge in [-0.25, -0.2) is 0 Å². The molecule has 1 heterocycles. The number of piperazine rings is 1. The van der Waals surface area contributed by atoms with Gasteiger partial charge in [-0.1, -0.05) is 41.5 Å². The topological polar surface area (TPSA) is 85.8 Å². The fourth-order valence-corrected chi connectivity index (χ4v) is 3.70. The SMILES string of the molecule is CN=C(NCCc1cc(C)cc(C)c1)NCc1ccc(C(=O)N2CCNC(=O)C2)cc1.I. The Morgan fingerprint density at radius 3 is 2.38 bits per heavy atom. The third kappa shape index (κ3) is 7.51. The van der Waals surface area contributed by atoms with Gasteiger partial charge < -0.3 is 20.9 Å². The third-order valence-electron chi connectivity index (χ3n) is 5.20. The zero-order valence-corrected chi connectivity index (χ0v) is 21.2. The number of nitrogens with zero attached hydrogens (tertiary/aromatic N) is 2. The molecule has 1 aliphatic heterocycles. The number of carbonyl (C=O) groups is 2. The fourth-order valence-electron chi connectivity index (χ4n) is 3.70. The minimum atomic E-state index is -0.114. The maximum absolute atomic E-state index is 12.5. The van der Waals surface area contributed by atoms with Crippen LogP contribution in [0.25, 0.3) is 0 Å². The van der Waals surface area contributed by atoms with Crippen molar-refractivity contribution in [2.24, 2.45) is 4.99 Å². The first-order chi connectivity index (χ1) is 14.9. The van der Waals surface area contributed by atoms with Crippen LogP contribution in [0, 0.1) is 13.8 Å². The van der Waals surface area contributed by atoms with E-state index in [1.54, 1.807) is 11.9 Å². The smallest absolute Gasteiger partial charge is 0.254 e. The number of benzene rings is 2. The van der Waals surface area contributed by atoms with E-state index in [1.807, 2.05) is 24.3 Å². The molecule has 0 unspecified atom stereocenters. The second-order valence-corrected chi connectivity index (χ2v) is 7.87. The standard InChI is InChI=1S/C24H31N5O2.HI/c1-17-12-18(2)14-20(13-17)8-9-27-24(25-3)28-15-19-4-6-21(7-5-19)23(31)29-11-10-26-22(30)16-29;/h4-7,12-14H,8-11,15-16H2,1-3H3,(H,26,30)(H2,25,27,28);1H. The molecule has 1 fully saturated rings. The molecular formula is C24H32IN5O2. The van der Waals surface area contributed by atoms with Crippen molar-refractivity contribution in [1.29, 1.82) is 0 Å². The molecule has 7 nitrogen and oxygen atoms in total. The number of rotatable bonds is 6. The summed E-state index contributed by atoms with van der Waals surface area (Å²) in [5.74, 6) is 0.513. The summed E-state index contributed by atoms with van der Waals surface area (Å²) in [5.41, 5.74) is 5.51. The Hall–Kier alpha value is -2.62. The summed E-state index contributed by atoms with van der Waals surface area (Å²) in [5, 5.41) is 9.38. The van der Waals surface area contributed by atoms with Crippen molar-refractivity contribution in [2.75, 3.05) is 33.2 Å². The molecular weight excluding hydrogens is 517 g/mol. The average molecular weight is 549 g/mol. The van der Waals surface area contributed by atoms with E-state index in [4.69, 9.17) is 0 Å². The molecule has 2 aromatic rings. The predicted octanol–water partition coefficient (Wildman–Crippen LogP) is 2.40. The molecule has 0 aromatic heterocycles. The monoisotopic (exact) mass is 549 g/mol. The maximum atomic E-state index is 12.5. The van der Waals surface area contributed by atoms with Crippen LogP contribution in [0.1, 0.15) is 32.6 Å². The quantitative estimate of drug-likeness (QED) is 0.294. The van der Waals surface area contributed by atoms with Crippen molar-refractivity contribution < 1.29 is 9.59 Å². The molecule has 1 aliphatic rings. The minimum absolute atomic E-state index is 0. The molecule has 2 aromatic carbocycles. The Bertz CT molecular complexity index is 939. The zero-order chi connectivity index (χ0) is 22.2. The van der Waals surface area contributed by atoms with Crippen LogP contribution >= 0.6 is 24.0 Å². The van der Waals surface area contributed by atoms with Crippen LogP contribution in [0.4, 0.5) is 0 Å². The molecule has 172 valence electrons. The van der Waals surface area contributed by atoms with Gasteiger partial charge in [-0.2, -0.15) is 0 Å². The highest BCUT2D eigenvalue weighted by Gasteiger charge is 2.22. The Morgan fingerprint density at radius 1 is 1.06 bits per heavy atom. The van der Waals surface area contributed by atoms with E-state index < -0.39 is 0 Å². The summed E-state index contributed by atoms with van der Waals surface area (Å²) in [7, 11) is 1.75. The summed E-state index contributed by atoms with van der Waals surface area (Å²) >= 11 is 0. The Morgan fingerprint density at radius 2 is 1.75 bits per heavy atom. The van der Waals surface area contributed by atoms with Gasteiger partial charge in [-0.15, -0.1) is 24.0 Å². The molecule has 0 atom stereocenters. The maximum Gasteiger partial charge on any atom is 0.254 e. The lowest BCUT2D eigenvalue weighted by Crippen LogP contribution is -2.49. The molecule has 2 amide bonds. The van der Waals surface area contributed by atoms with E-state index in [2.05, 4.69) is 53.0 Å². The molecule has 1 saturated heterocycles. The van der Waals surface area contributed by atoms with Crippen LogP contribution in [-0.4, -0.2) is 55.9 Å². The summed E-state index contributed by atoms with van der Waals surface area (Å²) in [6, 6.07) is 14.1. The predicted molar refractivity (Wildman–Crippen MR) is 139 cm³/mol. The van der Waals surface area contributed by atoms with Crippen LogP contribution < -0.4 is 16.0 Å². The molecule has 0 aliphatic carbocycles. The van der Waals surface area contributed by atoms with E-state index in [9.17, 15) is 9.59 Å². The minimum Gasteiger partial charge on any atom is -0.356 e. The number of hydrogen-bond donors (Lipinski definition) is 3. The van der Waals surface area contributed by atoms with E-state index >= 15 is 0 Å². The lowest BCUT2D eigenvalue weighted by Gasteiger charge is -2.26. The first kappa shape index (κ1) is 25.6. The lowest BCUT2D eigenvalue weighted by atomic mass is 10.1. The van der Waals surface area contributed by atoms with Crippen molar-refractivity contribution in [2.45, 2.75) is 26.8 Å². The number of guanidine groups is 1. The van der Waals surface area contributed by atoms with E-state index in [0.717, 1.165) is 24.5 Å². The van der Waals surface area contributed by atoms with Gasteiger partial charge in [-0.3, -0.25) is 14.6 Å². The second-order valence-electron chi connectivity index (χ2n) is 7.87. The van der Waals surface area contributed by atoms with Gasteiger partial charge in [-0.05, 0) is 43.5 Å². The van der Waals surface area contributed by atoms with E-state index in [-0.39, 0.29) is 42.3 Å². The van der Waals surface area contributed by atoms with Crippen LogP contribution in [0.15, 0.2) is 47.5 Å². The first-order valence-corrected chi connectivity index (χ1v) is 10.6. The van der Waals surface area contributed by atoms with Gasteiger partial charge in [0.1, 0.15) is 0 Å². The molecule has 0 bridgehead atoms. The normalized spacial score (nSPS) is 13.8. The number of aliphatic imine (C=N–C) groups is 1. The molecule has 3 rings (SSSR count). The molecule has 0 spiro atoms. The highest BCUT2D eigenvalue weighted by molar-refractivity contribution is 14.0. The fraction of sp³-hybridized carbons (Fsp3) is 0.375. The number of carbonyl (C=O) groups excluding carboxylic acids is 2. The molecule has 8 heteroatoms. The second kappa shape index (κ2) is 12.4. The number of hydrogen-bond acceptors (Lipinski definition) is 3. The molecule has 0 radical (unpaired) electrons. The van der Waals surface area contributed by atoms with Crippen molar-refractivity contribution >= 4 is 41.8 Å². The number of aryl methyl sites for hydroxylation is 2. The van der Waals surface area contributed by atoms with E-state index in [1.165, 1.54) is 16.7 Å². The van der Waals surface area contributed by atoms with Gasteiger partial charge in [0.05, 0.1) is 6.54 Å². The third-order valence-corrected chi connectivity index (χ3v) is 5.20. The van der Waals surface area contributed by atoms with Crippen molar-refractivity contribution in [3.05, 3.63) is 70.3 Å². The first-order valence-electron chi connectivity index (χ1n) is 10.6. The van der Waals surface area contributed by atoms with Gasteiger partial charge in [0.15, 0.2) is 5.96 Å². The average Bonchev–Trinajstić information content (AvgIpc) is 2.75. The van der Waals surface area contributed by atoms with Gasteiger partial charge >= 0.3 is 0 Å². The number of nitrogens with one attached hydrogen (secondary N) is 3. The zero-order valence-electron chi connectivity index (χ0n) is 18.9. The molecule has 32 heavy (non-hydrogen) atoms. The highest BCUT2D eigenvalue weighted by Crippen LogP contribution is 2.10. The summed E-state index contributed by atoms with van der Waals surface area (Å²) in [4.78, 5) is 29.9. The van der Waals surface area contributed by atoms with Gasteiger partial charge in [0, 0.05) is 38.8 Å². The molecule has 3 N–H and O–H groups in total. The summed E-state index contributed by atoms with van der Waals surface area (Å²) < 4.78 is 0. The van der Waals surface area contributed by atoms with Crippen LogP contribution in [0.5, 0.6) is 0 Å². The Labute approximate surface area is 207 Å². The van der Waals surface area contributed by atoms with Gasteiger partial charge in [0.25, 0.3) is 5.91 Å². The van der Waals surface area contributed by atoms with Crippen molar-refractivity contribution in [3.8, 4) is 0 Å². The summed E-state index contributed by atoms with van der Waals surface area (Å²) in [6.45, 7) is 6.79. The number of halogens is 1. The highest BCUT2D eigenvalue weighted by atomic mass is 127. The van der Waals surface area contributed by atoms with Crippen molar-refractivity contribution in [1.82, 2.24) is 20.9 Å². The lowest BCUT2D eigenvalue weighted by molar-refractivity contribution is -0.123. The largest absolute Gasteiger partial charge is 0.356 e.